The molecule has 0 fully saturated rings. The summed E-state index contributed by atoms with van der Waals surface area (Å²) in [6.45, 7) is 12.2. The highest BCUT2D eigenvalue weighted by atomic mass is 31.2. The van der Waals surface area contributed by atoms with Gasteiger partial charge in [-0.05, 0) is 23.0 Å². The smallest absolute Gasteiger partial charge is 0.466 e. The van der Waals surface area contributed by atoms with E-state index < -0.39 is 15.6 Å². The molecule has 12 heteroatoms. The Labute approximate surface area is 152 Å². The fourth-order valence-corrected chi connectivity index (χ4v) is 2.10. The summed E-state index contributed by atoms with van der Waals surface area (Å²) in [5.41, 5.74) is 1.29. The molecule has 0 atom stereocenters. The van der Waals surface area contributed by atoms with Gasteiger partial charge in [0.05, 0.1) is 0 Å². The first-order chi connectivity index (χ1) is 11.0. The SMILES string of the molecule is CC(C)(C)c1c(O)ccc(O)c1C(C)(C)C.O=P(O)(O)O.O=P(O)(O)O. The van der Waals surface area contributed by atoms with E-state index in [-0.39, 0.29) is 22.3 Å². The van der Waals surface area contributed by atoms with Crippen molar-refractivity contribution < 1.29 is 48.7 Å². The zero-order valence-corrected chi connectivity index (χ0v) is 17.2. The van der Waals surface area contributed by atoms with Crippen LogP contribution in [0.15, 0.2) is 12.1 Å². The van der Waals surface area contributed by atoms with Gasteiger partial charge in [0.25, 0.3) is 0 Å². The molecule has 8 N–H and O–H groups in total. The molecule has 0 saturated carbocycles. The molecule has 0 amide bonds. The van der Waals surface area contributed by atoms with Gasteiger partial charge < -0.3 is 39.6 Å². The molecule has 0 saturated heterocycles. The molecule has 10 nitrogen and oxygen atoms in total. The second-order valence-corrected chi connectivity index (χ2v) is 9.43. The third-order valence-corrected chi connectivity index (χ3v) is 2.66. The summed E-state index contributed by atoms with van der Waals surface area (Å²) < 4.78 is 17.8. The van der Waals surface area contributed by atoms with Crippen molar-refractivity contribution in [2.75, 3.05) is 0 Å². The normalized spacial score (nSPS) is 12.5. The molecular weight excluding hydrogens is 390 g/mol. The molecule has 1 rings (SSSR count). The van der Waals surface area contributed by atoms with Crippen molar-refractivity contribution in [3.05, 3.63) is 23.3 Å². The quantitative estimate of drug-likeness (QED) is 0.227. The lowest BCUT2D eigenvalue weighted by Gasteiger charge is -2.31. The van der Waals surface area contributed by atoms with E-state index in [0.29, 0.717) is 0 Å². The zero-order valence-electron chi connectivity index (χ0n) is 15.4. The molecule has 0 bridgehead atoms. The summed E-state index contributed by atoms with van der Waals surface area (Å²) in [5.74, 6) is 0.519. The van der Waals surface area contributed by atoms with E-state index in [1.165, 1.54) is 0 Å². The lowest BCUT2D eigenvalue weighted by molar-refractivity contribution is 0.272. The summed E-state index contributed by atoms with van der Waals surface area (Å²) in [5, 5.41) is 20.0. The first kappa shape index (κ1) is 27.3. The number of phosphoric acid groups is 2. The Kier molecular flexibility index (Phi) is 9.75. The van der Waals surface area contributed by atoms with Gasteiger partial charge in [-0.3, -0.25) is 0 Å². The van der Waals surface area contributed by atoms with Gasteiger partial charge in [0, 0.05) is 11.1 Å². The Bertz CT molecular complexity index is 601. The van der Waals surface area contributed by atoms with Crippen molar-refractivity contribution in [2.24, 2.45) is 0 Å². The van der Waals surface area contributed by atoms with Crippen LogP contribution in [-0.2, 0) is 20.0 Å². The Morgan fingerprint density at radius 3 is 0.885 bits per heavy atom. The second kappa shape index (κ2) is 9.30. The van der Waals surface area contributed by atoms with Crippen LogP contribution in [-0.4, -0.2) is 39.6 Å². The Hall–Kier alpha value is -0.960. The van der Waals surface area contributed by atoms with Crippen LogP contribution >= 0.6 is 15.6 Å². The number of aromatic hydroxyl groups is 2. The summed E-state index contributed by atoms with van der Waals surface area (Å²) in [6, 6.07) is 3.12. The number of benzene rings is 1. The fraction of sp³-hybridized carbons (Fsp3) is 0.571. The predicted octanol–water partition coefficient (Wildman–Crippen LogP) is 1.84. The summed E-state index contributed by atoms with van der Waals surface area (Å²) in [6.07, 6.45) is 0. The van der Waals surface area contributed by atoms with E-state index in [0.717, 1.165) is 11.1 Å². The van der Waals surface area contributed by atoms with Crippen molar-refractivity contribution in [3.63, 3.8) is 0 Å². The van der Waals surface area contributed by atoms with Crippen molar-refractivity contribution in [1.82, 2.24) is 0 Å². The fourth-order valence-electron chi connectivity index (χ4n) is 2.10. The van der Waals surface area contributed by atoms with Crippen molar-refractivity contribution >= 4 is 15.6 Å². The van der Waals surface area contributed by atoms with Crippen LogP contribution in [0.5, 0.6) is 11.5 Å². The van der Waals surface area contributed by atoms with Gasteiger partial charge >= 0.3 is 15.6 Å². The number of rotatable bonds is 0. The molecule has 0 heterocycles. The van der Waals surface area contributed by atoms with Gasteiger partial charge in [0.15, 0.2) is 0 Å². The molecule has 0 aliphatic heterocycles. The van der Waals surface area contributed by atoms with Crippen LogP contribution < -0.4 is 0 Å². The summed E-state index contributed by atoms with van der Waals surface area (Å²) in [7, 11) is -9.28. The second-order valence-electron chi connectivity index (χ2n) is 7.38. The lowest BCUT2D eigenvalue weighted by Crippen LogP contribution is -2.22. The van der Waals surface area contributed by atoms with E-state index in [9.17, 15) is 10.2 Å². The largest absolute Gasteiger partial charge is 0.508 e. The maximum Gasteiger partial charge on any atom is 0.466 e. The average Bonchev–Trinajstić information content (AvgIpc) is 2.24. The molecular formula is C14H28O10P2. The Morgan fingerprint density at radius 1 is 0.615 bits per heavy atom. The van der Waals surface area contributed by atoms with E-state index in [1.807, 2.05) is 41.5 Å². The highest BCUT2D eigenvalue weighted by Gasteiger charge is 2.30. The standard InChI is InChI=1S/C14H22O2.2H3O4P/c1-13(2,3)11-9(15)7-8-10(16)12(11)14(4,5)6;2*1-5(2,3)4/h7-8,15-16H,1-6H3;2*(H3,1,2,3,4). The van der Waals surface area contributed by atoms with Crippen LogP contribution in [0.3, 0.4) is 0 Å². The molecule has 1 aromatic carbocycles. The van der Waals surface area contributed by atoms with Gasteiger partial charge in [0.1, 0.15) is 11.5 Å². The van der Waals surface area contributed by atoms with Crippen LogP contribution in [0.25, 0.3) is 0 Å². The number of hydrogen-bond acceptors (Lipinski definition) is 4. The van der Waals surface area contributed by atoms with Gasteiger partial charge in [-0.15, -0.1) is 0 Å². The molecule has 0 aliphatic rings. The summed E-state index contributed by atoms with van der Waals surface area (Å²) >= 11 is 0. The van der Waals surface area contributed by atoms with Crippen LogP contribution in [0, 0.1) is 0 Å². The van der Waals surface area contributed by atoms with Crippen LogP contribution in [0.2, 0.25) is 0 Å². The minimum absolute atomic E-state index is 0.189. The first-order valence-corrected chi connectivity index (χ1v) is 10.3. The van der Waals surface area contributed by atoms with Crippen molar-refractivity contribution in [2.45, 2.75) is 52.4 Å². The number of hydrogen-bond donors (Lipinski definition) is 8. The van der Waals surface area contributed by atoms with Gasteiger partial charge in [0.2, 0.25) is 0 Å². The molecule has 0 spiro atoms. The van der Waals surface area contributed by atoms with Gasteiger partial charge in [-0.25, -0.2) is 9.13 Å². The number of phenolic OH excluding ortho intramolecular Hbond substituents is 2. The van der Waals surface area contributed by atoms with Crippen LogP contribution in [0.1, 0.15) is 52.7 Å². The molecule has 0 aromatic heterocycles. The Balaban J connectivity index is 0. The third kappa shape index (κ3) is 14.2. The van der Waals surface area contributed by atoms with Gasteiger partial charge in [-0.1, -0.05) is 41.5 Å². The molecule has 154 valence electrons. The van der Waals surface area contributed by atoms with E-state index >= 15 is 0 Å². The third-order valence-electron chi connectivity index (χ3n) is 2.66. The number of phenols is 2. The zero-order chi connectivity index (χ0) is 21.7. The Morgan fingerprint density at radius 2 is 0.769 bits per heavy atom. The van der Waals surface area contributed by atoms with Crippen molar-refractivity contribution in [3.8, 4) is 11.5 Å². The lowest BCUT2D eigenvalue weighted by atomic mass is 9.74. The summed E-state index contributed by atoms with van der Waals surface area (Å²) in [4.78, 5) is 43.1. The first-order valence-electron chi connectivity index (χ1n) is 7.17. The van der Waals surface area contributed by atoms with Crippen LogP contribution in [0.4, 0.5) is 0 Å². The molecule has 0 aliphatic carbocycles. The van der Waals surface area contributed by atoms with Gasteiger partial charge in [-0.2, -0.15) is 0 Å². The van der Waals surface area contributed by atoms with E-state index in [4.69, 9.17) is 38.5 Å². The topological polar surface area (TPSA) is 196 Å². The maximum absolute atomic E-state index is 10.0. The minimum atomic E-state index is -4.64. The monoisotopic (exact) mass is 418 g/mol. The van der Waals surface area contributed by atoms with E-state index in [2.05, 4.69) is 0 Å². The molecule has 26 heavy (non-hydrogen) atoms. The molecule has 0 radical (unpaired) electrons. The maximum atomic E-state index is 10.0. The highest BCUT2D eigenvalue weighted by molar-refractivity contribution is 7.45. The molecule has 0 unspecified atom stereocenters. The highest BCUT2D eigenvalue weighted by Crippen LogP contribution is 2.43. The predicted molar refractivity (Wildman–Crippen MR) is 95.7 cm³/mol. The van der Waals surface area contributed by atoms with E-state index in [1.54, 1.807) is 12.1 Å². The molecule has 1 aromatic rings. The average molecular weight is 418 g/mol. The van der Waals surface area contributed by atoms with Crippen molar-refractivity contribution in [1.29, 1.82) is 0 Å². The minimum Gasteiger partial charge on any atom is -0.508 e.